The molecule has 0 saturated carbocycles. The molecule has 3 rings (SSSR count). The smallest absolute Gasteiger partial charge is 0.159 e. The van der Waals surface area contributed by atoms with Gasteiger partial charge in [-0.1, -0.05) is 30.3 Å². The zero-order valence-electron chi connectivity index (χ0n) is 9.21. The molecular formula is C13H8N2OS2. The van der Waals surface area contributed by atoms with Gasteiger partial charge in [0.05, 0.1) is 10.2 Å². The summed E-state index contributed by atoms with van der Waals surface area (Å²) in [5.74, 6) is 0. The molecule has 0 amide bonds. The number of aromatic amines is 1. The van der Waals surface area contributed by atoms with E-state index in [1.165, 1.54) is 11.3 Å². The fourth-order valence-corrected chi connectivity index (χ4v) is 3.11. The Morgan fingerprint density at radius 2 is 1.83 bits per heavy atom. The number of hydrogen-bond acceptors (Lipinski definition) is 4. The summed E-state index contributed by atoms with van der Waals surface area (Å²) in [5, 5.41) is 3.07. The largest absolute Gasteiger partial charge is 0.336 e. The van der Waals surface area contributed by atoms with E-state index in [0.29, 0.717) is 5.69 Å². The minimum atomic E-state index is 0.440. The maximum absolute atomic E-state index is 10.9. The summed E-state index contributed by atoms with van der Waals surface area (Å²) >= 11 is 6.69. The van der Waals surface area contributed by atoms with Crippen LogP contribution < -0.4 is 0 Å². The van der Waals surface area contributed by atoms with Gasteiger partial charge in [0.2, 0.25) is 0 Å². The van der Waals surface area contributed by atoms with Crippen molar-refractivity contribution in [1.29, 1.82) is 0 Å². The van der Waals surface area contributed by atoms with Crippen LogP contribution in [-0.2, 0) is 0 Å². The van der Waals surface area contributed by atoms with E-state index in [-0.39, 0.29) is 0 Å². The van der Waals surface area contributed by atoms with E-state index in [0.717, 1.165) is 25.3 Å². The Morgan fingerprint density at radius 1 is 1.06 bits per heavy atom. The topological polar surface area (TPSA) is 45.2 Å². The van der Waals surface area contributed by atoms with Crippen molar-refractivity contribution in [2.45, 2.75) is 0 Å². The van der Waals surface area contributed by atoms with Gasteiger partial charge in [0.1, 0.15) is 5.69 Å². The van der Waals surface area contributed by atoms with Gasteiger partial charge in [0, 0.05) is 11.1 Å². The summed E-state index contributed by atoms with van der Waals surface area (Å²) in [6.07, 6.45) is 0. The molecule has 3 nitrogen and oxygen atoms in total. The van der Waals surface area contributed by atoms with Gasteiger partial charge in [0.25, 0.3) is 0 Å². The quantitative estimate of drug-likeness (QED) is 0.525. The van der Waals surface area contributed by atoms with E-state index in [1.54, 1.807) is 12.1 Å². The molecule has 18 heavy (non-hydrogen) atoms. The second-order valence-electron chi connectivity index (χ2n) is 3.80. The van der Waals surface area contributed by atoms with Crippen LogP contribution in [0.2, 0.25) is 0 Å². The lowest BCUT2D eigenvalue weighted by Crippen LogP contribution is -1.81. The zero-order valence-corrected chi connectivity index (χ0v) is 10.8. The van der Waals surface area contributed by atoms with Crippen LogP contribution in [0.4, 0.5) is 5.69 Å². The third-order valence-corrected chi connectivity index (χ3v) is 3.95. The van der Waals surface area contributed by atoms with Gasteiger partial charge in [-0.2, -0.15) is 0 Å². The summed E-state index contributed by atoms with van der Waals surface area (Å²) in [5.41, 5.74) is 3.18. The van der Waals surface area contributed by atoms with Gasteiger partial charge in [-0.05, 0) is 29.5 Å². The molecule has 0 bridgehead atoms. The Bertz CT molecular complexity index is 789. The van der Waals surface area contributed by atoms with Gasteiger partial charge in [-0.25, -0.2) is 0 Å². The first kappa shape index (κ1) is 11.3. The highest BCUT2D eigenvalue weighted by Crippen LogP contribution is 2.35. The number of nitrogens with one attached hydrogen (secondary N) is 1. The van der Waals surface area contributed by atoms with Crippen LogP contribution in [0, 0.1) is 8.86 Å². The van der Waals surface area contributed by atoms with Crippen LogP contribution in [0.3, 0.4) is 0 Å². The molecule has 0 unspecified atom stereocenters. The molecule has 5 heteroatoms. The first-order chi connectivity index (χ1) is 8.79. The van der Waals surface area contributed by atoms with Crippen molar-refractivity contribution in [3.63, 3.8) is 0 Å². The lowest BCUT2D eigenvalue weighted by Gasteiger charge is -2.04. The normalized spacial score (nSPS) is 10.7. The second kappa shape index (κ2) is 4.44. The van der Waals surface area contributed by atoms with E-state index in [1.807, 2.05) is 30.3 Å². The van der Waals surface area contributed by atoms with Crippen LogP contribution in [0.1, 0.15) is 0 Å². The molecule has 0 aliphatic rings. The summed E-state index contributed by atoms with van der Waals surface area (Å²) in [6.45, 7) is 0. The third-order valence-electron chi connectivity index (χ3n) is 2.75. The van der Waals surface area contributed by atoms with E-state index in [2.05, 4.69) is 10.2 Å². The molecule has 2 aromatic carbocycles. The number of fused-ring (bicyclic) bond motifs is 1. The molecule has 3 aromatic rings. The molecular weight excluding hydrogens is 264 g/mol. The van der Waals surface area contributed by atoms with Crippen molar-refractivity contribution in [3.05, 3.63) is 51.3 Å². The lowest BCUT2D eigenvalue weighted by atomic mass is 10.0. The van der Waals surface area contributed by atoms with Crippen molar-refractivity contribution in [2.24, 2.45) is 5.18 Å². The van der Waals surface area contributed by atoms with Crippen molar-refractivity contribution in [2.75, 3.05) is 0 Å². The number of thiazole rings is 1. The third kappa shape index (κ3) is 1.77. The van der Waals surface area contributed by atoms with E-state index < -0.39 is 0 Å². The Balaban J connectivity index is 2.38. The maximum Gasteiger partial charge on any atom is 0.159 e. The van der Waals surface area contributed by atoms with E-state index >= 15 is 0 Å². The van der Waals surface area contributed by atoms with Crippen molar-refractivity contribution < 1.29 is 0 Å². The summed E-state index contributed by atoms with van der Waals surface area (Å²) in [6, 6.07) is 13.2. The van der Waals surface area contributed by atoms with Gasteiger partial charge >= 0.3 is 0 Å². The molecule has 1 aromatic heterocycles. The number of nitroso groups, excluding NO2 is 1. The second-order valence-corrected chi connectivity index (χ2v) is 5.52. The van der Waals surface area contributed by atoms with Gasteiger partial charge in [-0.15, -0.1) is 16.2 Å². The zero-order chi connectivity index (χ0) is 12.5. The van der Waals surface area contributed by atoms with Crippen molar-refractivity contribution >= 4 is 39.5 Å². The first-order valence-corrected chi connectivity index (χ1v) is 6.56. The predicted octanol–water partition coefficient (Wildman–Crippen LogP) is 5.02. The molecule has 0 aliphatic carbocycles. The van der Waals surface area contributed by atoms with Crippen LogP contribution >= 0.6 is 23.6 Å². The maximum atomic E-state index is 10.9. The van der Waals surface area contributed by atoms with Crippen LogP contribution in [0.5, 0.6) is 0 Å². The first-order valence-electron chi connectivity index (χ1n) is 5.34. The lowest BCUT2D eigenvalue weighted by molar-refractivity contribution is 1.45. The van der Waals surface area contributed by atoms with Gasteiger partial charge in [-0.3, -0.25) is 0 Å². The highest BCUT2D eigenvalue weighted by Gasteiger charge is 2.09. The summed E-state index contributed by atoms with van der Waals surface area (Å²) in [7, 11) is 0. The molecule has 0 radical (unpaired) electrons. The molecule has 1 N–H and O–H groups in total. The van der Waals surface area contributed by atoms with Gasteiger partial charge < -0.3 is 4.98 Å². The number of benzene rings is 2. The SMILES string of the molecule is O=Nc1ccccc1-c1cccc2sc(=S)[nH]c12. The van der Waals surface area contributed by atoms with Crippen LogP contribution in [0.15, 0.2) is 47.6 Å². The van der Waals surface area contributed by atoms with E-state index in [4.69, 9.17) is 12.2 Å². The Hall–Kier alpha value is -1.85. The number of aromatic nitrogens is 1. The molecule has 1 heterocycles. The average Bonchev–Trinajstić information content (AvgIpc) is 2.78. The van der Waals surface area contributed by atoms with Crippen molar-refractivity contribution in [3.8, 4) is 11.1 Å². The molecule has 0 fully saturated rings. The fourth-order valence-electron chi connectivity index (χ4n) is 1.98. The molecule has 0 atom stereocenters. The highest BCUT2D eigenvalue weighted by molar-refractivity contribution is 7.73. The number of H-pyrrole nitrogens is 1. The van der Waals surface area contributed by atoms with Crippen LogP contribution in [-0.4, -0.2) is 4.98 Å². The van der Waals surface area contributed by atoms with Crippen molar-refractivity contribution in [1.82, 2.24) is 4.98 Å². The molecule has 0 aliphatic heterocycles. The molecule has 0 spiro atoms. The fraction of sp³-hybridized carbons (Fsp3) is 0. The number of nitrogens with zero attached hydrogens (tertiary/aromatic N) is 1. The molecule has 0 saturated heterocycles. The summed E-state index contributed by atoms with van der Waals surface area (Å²) in [4.78, 5) is 14.0. The number of hydrogen-bond donors (Lipinski definition) is 1. The number of para-hydroxylation sites is 1. The Kier molecular flexibility index (Phi) is 2.77. The van der Waals surface area contributed by atoms with E-state index in [9.17, 15) is 4.91 Å². The minimum Gasteiger partial charge on any atom is -0.336 e. The molecule has 88 valence electrons. The predicted molar refractivity (Wildman–Crippen MR) is 77.9 cm³/mol. The minimum absolute atomic E-state index is 0.440. The monoisotopic (exact) mass is 272 g/mol. The Labute approximate surface area is 112 Å². The summed E-state index contributed by atoms with van der Waals surface area (Å²) < 4.78 is 1.81. The number of rotatable bonds is 2. The van der Waals surface area contributed by atoms with Gasteiger partial charge in [0.15, 0.2) is 3.95 Å². The van der Waals surface area contributed by atoms with Crippen LogP contribution in [0.25, 0.3) is 21.3 Å². The Morgan fingerprint density at radius 3 is 2.67 bits per heavy atom. The highest BCUT2D eigenvalue weighted by atomic mass is 32.1. The standard InChI is InChI=1S/C13H8N2OS2/c16-15-10-6-2-1-4-8(10)9-5-3-7-11-12(9)14-13(17)18-11/h1-7H,(H,14,17). The average molecular weight is 272 g/mol.